The number of benzene rings is 2. The average molecular weight is 467 g/mol. The summed E-state index contributed by atoms with van der Waals surface area (Å²) in [5, 5.41) is 16.0. The van der Waals surface area contributed by atoms with E-state index in [-0.39, 0.29) is 5.91 Å². The molecule has 0 bridgehead atoms. The van der Waals surface area contributed by atoms with Gasteiger partial charge in [0.05, 0.1) is 5.69 Å². The zero-order chi connectivity index (χ0) is 21.2. The number of aromatic amines is 1. The van der Waals surface area contributed by atoms with E-state index in [2.05, 4.69) is 30.5 Å². The molecule has 0 aliphatic heterocycles. The number of carbonyl (C=O) groups is 1. The van der Waals surface area contributed by atoms with Crippen LogP contribution >= 0.6 is 34.7 Å². The monoisotopic (exact) mass is 466 g/mol. The number of rotatable bonds is 6. The molecule has 0 atom stereocenters. The van der Waals surface area contributed by atoms with Crippen molar-refractivity contribution in [2.75, 3.05) is 11.1 Å². The van der Waals surface area contributed by atoms with E-state index in [1.54, 1.807) is 0 Å². The molecule has 0 radical (unpaired) electrons. The van der Waals surface area contributed by atoms with E-state index in [0.717, 1.165) is 27.7 Å². The molecular weight excluding hydrogens is 452 g/mol. The number of nitrogens with zero attached hydrogens (tertiary/aromatic N) is 4. The predicted octanol–water partition coefficient (Wildman–Crippen LogP) is 5.40. The number of thioether (sulfide) groups is 1. The molecule has 0 spiro atoms. The fourth-order valence-corrected chi connectivity index (χ4v) is 4.65. The normalized spacial score (nSPS) is 11.3. The summed E-state index contributed by atoms with van der Waals surface area (Å²) in [7, 11) is 0. The fourth-order valence-electron chi connectivity index (χ4n) is 3.07. The van der Waals surface area contributed by atoms with E-state index in [9.17, 15) is 4.79 Å². The van der Waals surface area contributed by atoms with Crippen LogP contribution in [-0.4, -0.2) is 36.8 Å². The van der Waals surface area contributed by atoms with Crippen molar-refractivity contribution in [1.82, 2.24) is 25.1 Å². The number of amides is 1. The lowest BCUT2D eigenvalue weighted by Crippen LogP contribution is -2.12. The number of aromatic nitrogens is 5. The van der Waals surface area contributed by atoms with Crippen LogP contribution in [0.2, 0.25) is 5.02 Å². The van der Waals surface area contributed by atoms with Crippen molar-refractivity contribution < 1.29 is 4.79 Å². The van der Waals surface area contributed by atoms with Gasteiger partial charge < -0.3 is 10.3 Å². The van der Waals surface area contributed by atoms with Crippen LogP contribution < -0.4 is 5.32 Å². The Kier molecular flexibility index (Phi) is 5.54. The summed E-state index contributed by atoms with van der Waals surface area (Å²) < 4.78 is 0. The summed E-state index contributed by atoms with van der Waals surface area (Å²) in [5.41, 5.74) is 4.17. The van der Waals surface area contributed by atoms with Gasteiger partial charge in [-0.2, -0.15) is 0 Å². The minimum Gasteiger partial charge on any atom is -0.338 e. The highest BCUT2D eigenvalue weighted by atomic mass is 35.5. The minimum atomic E-state index is -0.107. The van der Waals surface area contributed by atoms with Gasteiger partial charge >= 0.3 is 0 Å². The molecule has 3 heterocycles. The molecule has 5 aromatic rings. The van der Waals surface area contributed by atoms with Crippen molar-refractivity contribution in [3.8, 4) is 11.3 Å². The van der Waals surface area contributed by atoms with E-state index in [1.165, 1.54) is 23.1 Å². The van der Waals surface area contributed by atoms with Crippen LogP contribution in [0.15, 0.2) is 59.1 Å². The van der Waals surface area contributed by atoms with Gasteiger partial charge in [0, 0.05) is 39.0 Å². The van der Waals surface area contributed by atoms with Crippen LogP contribution in [-0.2, 0) is 4.79 Å². The molecular formula is C21H15ClN6OS2. The average Bonchev–Trinajstić information content (AvgIpc) is 3.38. The summed E-state index contributed by atoms with van der Waals surface area (Å²) in [6.45, 7) is 0. The molecule has 7 nitrogen and oxygen atoms in total. The molecule has 0 saturated heterocycles. The first-order chi connectivity index (χ1) is 15.2. The maximum atomic E-state index is 12.3. The summed E-state index contributed by atoms with van der Waals surface area (Å²) in [6, 6.07) is 15.3. The highest BCUT2D eigenvalue weighted by molar-refractivity contribution is 7.99. The molecule has 0 saturated carbocycles. The number of halogens is 1. The van der Waals surface area contributed by atoms with Crippen LogP contribution in [0.4, 0.5) is 5.13 Å². The molecule has 0 fully saturated rings. The maximum Gasteiger partial charge on any atom is 0.226 e. The second kappa shape index (κ2) is 8.62. The van der Waals surface area contributed by atoms with Crippen LogP contribution in [0.25, 0.3) is 33.3 Å². The van der Waals surface area contributed by atoms with E-state index < -0.39 is 0 Å². The Hall–Kier alpha value is -3.01. The van der Waals surface area contributed by atoms with Gasteiger partial charge in [0.25, 0.3) is 0 Å². The van der Waals surface area contributed by atoms with Crippen LogP contribution in [0.3, 0.4) is 0 Å². The van der Waals surface area contributed by atoms with Crippen LogP contribution in [0.5, 0.6) is 0 Å². The second-order valence-electron chi connectivity index (χ2n) is 6.65. The van der Waals surface area contributed by atoms with Gasteiger partial charge in [0.2, 0.25) is 11.1 Å². The van der Waals surface area contributed by atoms with E-state index in [4.69, 9.17) is 11.6 Å². The quantitative estimate of drug-likeness (QED) is 0.325. The van der Waals surface area contributed by atoms with Gasteiger partial charge in [0.1, 0.15) is 5.52 Å². The van der Waals surface area contributed by atoms with Gasteiger partial charge in [-0.1, -0.05) is 53.7 Å². The highest BCUT2D eigenvalue weighted by Crippen LogP contribution is 2.26. The molecule has 5 rings (SSSR count). The minimum absolute atomic E-state index is 0.107. The van der Waals surface area contributed by atoms with Crippen LogP contribution in [0.1, 0.15) is 6.42 Å². The molecule has 0 unspecified atom stereocenters. The van der Waals surface area contributed by atoms with E-state index in [1.807, 2.05) is 53.9 Å². The standard InChI is InChI=1S/C21H15ClN6OS2/c22-13-7-5-12(6-8-13)16-11-31-20(24-16)25-17(29)9-10-30-21-26-19-18(27-28-21)14-3-1-2-4-15(14)23-19/h1-8,11H,9-10H2,(H,23,26,28)(H,24,25,29). The molecule has 154 valence electrons. The Morgan fingerprint density at radius 3 is 2.81 bits per heavy atom. The summed E-state index contributed by atoms with van der Waals surface area (Å²) >= 11 is 8.70. The Bertz CT molecular complexity index is 1380. The summed E-state index contributed by atoms with van der Waals surface area (Å²) in [5.74, 6) is 0.429. The van der Waals surface area contributed by atoms with E-state index >= 15 is 0 Å². The molecule has 3 aromatic heterocycles. The summed E-state index contributed by atoms with van der Waals surface area (Å²) in [4.78, 5) is 24.5. The number of hydrogen-bond donors (Lipinski definition) is 2. The largest absolute Gasteiger partial charge is 0.338 e. The molecule has 0 aliphatic rings. The Morgan fingerprint density at radius 1 is 1.10 bits per heavy atom. The first kappa shape index (κ1) is 19.9. The SMILES string of the molecule is O=C(CCSc1nnc2c(n1)[nH]c1ccccc12)Nc1nc(-c2ccc(Cl)cc2)cs1. The number of carbonyl (C=O) groups excluding carboxylic acids is 1. The third-order valence-corrected chi connectivity index (χ3v) is 6.40. The number of thiazole rings is 1. The third kappa shape index (κ3) is 4.39. The van der Waals surface area contributed by atoms with Gasteiger partial charge in [-0.25, -0.2) is 9.97 Å². The van der Waals surface area contributed by atoms with Gasteiger partial charge in [-0.05, 0) is 18.2 Å². The van der Waals surface area contributed by atoms with Crippen molar-refractivity contribution in [2.24, 2.45) is 0 Å². The Balaban J connectivity index is 1.17. The highest BCUT2D eigenvalue weighted by Gasteiger charge is 2.11. The topological polar surface area (TPSA) is 96.5 Å². The lowest BCUT2D eigenvalue weighted by molar-refractivity contribution is -0.115. The number of nitrogens with one attached hydrogen (secondary N) is 2. The van der Waals surface area contributed by atoms with Crippen LogP contribution in [0, 0.1) is 0 Å². The molecule has 10 heteroatoms. The van der Waals surface area contributed by atoms with Gasteiger partial charge in [-0.15, -0.1) is 21.5 Å². The van der Waals surface area contributed by atoms with E-state index in [0.29, 0.717) is 33.1 Å². The van der Waals surface area contributed by atoms with Crippen molar-refractivity contribution in [3.05, 3.63) is 58.9 Å². The fraction of sp³-hybridized carbons (Fsp3) is 0.0952. The first-order valence-corrected chi connectivity index (χ1v) is 11.7. The Labute approximate surface area is 190 Å². The van der Waals surface area contributed by atoms with Gasteiger partial charge in [-0.3, -0.25) is 4.79 Å². The second-order valence-corrected chi connectivity index (χ2v) is 9.01. The number of para-hydroxylation sites is 1. The zero-order valence-corrected chi connectivity index (χ0v) is 18.4. The zero-order valence-electron chi connectivity index (χ0n) is 16.0. The molecule has 2 N–H and O–H groups in total. The Morgan fingerprint density at radius 2 is 1.94 bits per heavy atom. The predicted molar refractivity (Wildman–Crippen MR) is 126 cm³/mol. The van der Waals surface area contributed by atoms with Crippen molar-refractivity contribution in [1.29, 1.82) is 0 Å². The molecule has 1 amide bonds. The van der Waals surface area contributed by atoms with Crippen molar-refractivity contribution in [3.63, 3.8) is 0 Å². The maximum absolute atomic E-state index is 12.3. The first-order valence-electron chi connectivity index (χ1n) is 9.41. The molecule has 0 aliphatic carbocycles. The molecule has 2 aromatic carbocycles. The number of fused-ring (bicyclic) bond motifs is 3. The number of anilines is 1. The van der Waals surface area contributed by atoms with Crippen molar-refractivity contribution >= 4 is 67.8 Å². The number of H-pyrrole nitrogens is 1. The lowest BCUT2D eigenvalue weighted by atomic mass is 10.2. The lowest BCUT2D eigenvalue weighted by Gasteiger charge is -2.01. The smallest absolute Gasteiger partial charge is 0.226 e. The summed E-state index contributed by atoms with van der Waals surface area (Å²) in [6.07, 6.45) is 0.314. The van der Waals surface area contributed by atoms with Crippen molar-refractivity contribution in [2.45, 2.75) is 11.6 Å². The molecule has 31 heavy (non-hydrogen) atoms. The third-order valence-electron chi connectivity index (χ3n) is 4.55. The number of hydrogen-bond acceptors (Lipinski definition) is 7. The van der Waals surface area contributed by atoms with Gasteiger partial charge in [0.15, 0.2) is 10.8 Å².